The van der Waals surface area contributed by atoms with E-state index in [1.54, 1.807) is 0 Å². The molecule has 2 rings (SSSR count). The maximum atomic E-state index is 6.27. The summed E-state index contributed by atoms with van der Waals surface area (Å²) in [6.07, 6.45) is 0. The van der Waals surface area contributed by atoms with E-state index in [1.165, 1.54) is 5.56 Å². The molecule has 0 bridgehead atoms. The predicted molar refractivity (Wildman–Crippen MR) is 72.6 cm³/mol. The molecule has 2 atom stereocenters. The molecule has 0 saturated carbocycles. The minimum atomic E-state index is 0.310. The van der Waals surface area contributed by atoms with Gasteiger partial charge in [0, 0.05) is 25.7 Å². The minimum absolute atomic E-state index is 0.310. The first-order valence-corrected chi connectivity index (χ1v) is 6.48. The van der Waals surface area contributed by atoms with Crippen molar-refractivity contribution in [1.29, 1.82) is 0 Å². The Morgan fingerprint density at radius 3 is 2.35 bits per heavy atom. The second-order valence-corrected chi connectivity index (χ2v) is 6.32. The van der Waals surface area contributed by atoms with E-state index in [1.807, 2.05) is 0 Å². The van der Waals surface area contributed by atoms with Crippen LogP contribution in [0.4, 0.5) is 0 Å². The second kappa shape index (κ2) is 4.79. The van der Waals surface area contributed by atoms with Gasteiger partial charge in [-0.3, -0.25) is 4.90 Å². The van der Waals surface area contributed by atoms with Crippen molar-refractivity contribution >= 4 is 0 Å². The lowest BCUT2D eigenvalue weighted by atomic mass is 9.78. The third kappa shape index (κ3) is 3.08. The molecular weight excluding hydrogens is 208 g/mol. The Kier molecular flexibility index (Phi) is 3.55. The molecule has 0 spiro atoms. The largest absolute Gasteiger partial charge is 0.326 e. The van der Waals surface area contributed by atoms with Gasteiger partial charge in [-0.05, 0) is 16.9 Å². The molecule has 2 unspecified atom stereocenters. The molecule has 0 amide bonds. The molecule has 1 aromatic rings. The number of hydrogen-bond acceptors (Lipinski definition) is 2. The van der Waals surface area contributed by atoms with Crippen LogP contribution >= 0.6 is 0 Å². The fourth-order valence-corrected chi connectivity index (χ4v) is 2.80. The molecule has 1 fully saturated rings. The maximum absolute atomic E-state index is 6.27. The van der Waals surface area contributed by atoms with E-state index in [-0.39, 0.29) is 0 Å². The number of nitrogens with two attached hydrogens (primary N) is 1. The van der Waals surface area contributed by atoms with Crippen molar-refractivity contribution in [3.8, 4) is 0 Å². The molecule has 2 heteroatoms. The molecule has 2 nitrogen and oxygen atoms in total. The average molecular weight is 232 g/mol. The first-order valence-electron chi connectivity index (χ1n) is 6.48. The number of rotatable bonds is 2. The smallest absolute Gasteiger partial charge is 0.0234 e. The summed E-state index contributed by atoms with van der Waals surface area (Å²) in [6.45, 7) is 10.1. The van der Waals surface area contributed by atoms with Crippen LogP contribution in [0.25, 0.3) is 0 Å². The van der Waals surface area contributed by atoms with E-state index in [4.69, 9.17) is 5.73 Å². The van der Waals surface area contributed by atoms with Crippen LogP contribution in [0.5, 0.6) is 0 Å². The molecule has 1 aliphatic rings. The number of benzene rings is 1. The minimum Gasteiger partial charge on any atom is -0.326 e. The Bertz CT molecular complexity index is 353. The van der Waals surface area contributed by atoms with Gasteiger partial charge in [0.05, 0.1) is 0 Å². The van der Waals surface area contributed by atoms with Crippen LogP contribution in [0.1, 0.15) is 26.3 Å². The Balaban J connectivity index is 1.98. The van der Waals surface area contributed by atoms with Crippen LogP contribution in [0.3, 0.4) is 0 Å². The van der Waals surface area contributed by atoms with Gasteiger partial charge >= 0.3 is 0 Å². The van der Waals surface area contributed by atoms with E-state index in [0.717, 1.165) is 19.6 Å². The first kappa shape index (κ1) is 12.6. The zero-order chi connectivity index (χ0) is 12.5. The third-order valence-corrected chi connectivity index (χ3v) is 3.80. The molecule has 0 radical (unpaired) electrons. The van der Waals surface area contributed by atoms with Crippen LogP contribution in [0.2, 0.25) is 0 Å². The monoisotopic (exact) mass is 232 g/mol. The van der Waals surface area contributed by atoms with Crippen molar-refractivity contribution in [1.82, 2.24) is 4.90 Å². The van der Waals surface area contributed by atoms with Crippen molar-refractivity contribution in [3.05, 3.63) is 35.9 Å². The van der Waals surface area contributed by atoms with Crippen molar-refractivity contribution in [2.45, 2.75) is 33.4 Å². The fraction of sp³-hybridized carbons (Fsp3) is 0.600. The molecule has 1 aromatic carbocycles. The lowest BCUT2D eigenvalue weighted by molar-refractivity contribution is 0.217. The van der Waals surface area contributed by atoms with Gasteiger partial charge < -0.3 is 5.73 Å². The first-order chi connectivity index (χ1) is 7.97. The molecule has 1 aliphatic heterocycles. The van der Waals surface area contributed by atoms with Crippen molar-refractivity contribution in [2.24, 2.45) is 17.1 Å². The molecular formula is C15H24N2. The summed E-state index contributed by atoms with van der Waals surface area (Å²) in [6, 6.07) is 11.0. The number of hydrogen-bond donors (Lipinski definition) is 1. The summed E-state index contributed by atoms with van der Waals surface area (Å²) in [5.74, 6) is 0.603. The van der Waals surface area contributed by atoms with Gasteiger partial charge in [0.2, 0.25) is 0 Å². The van der Waals surface area contributed by atoms with E-state index in [0.29, 0.717) is 17.4 Å². The summed E-state index contributed by atoms with van der Waals surface area (Å²) in [4.78, 5) is 2.48. The van der Waals surface area contributed by atoms with E-state index in [2.05, 4.69) is 56.0 Å². The predicted octanol–water partition coefficient (Wildman–Crippen LogP) is 2.49. The molecule has 2 N–H and O–H groups in total. The van der Waals surface area contributed by atoms with E-state index in [9.17, 15) is 0 Å². The van der Waals surface area contributed by atoms with Gasteiger partial charge in [-0.25, -0.2) is 0 Å². The summed E-state index contributed by atoms with van der Waals surface area (Å²) in [7, 11) is 0. The molecule has 1 heterocycles. The quantitative estimate of drug-likeness (QED) is 0.849. The van der Waals surface area contributed by atoms with Gasteiger partial charge in [0.15, 0.2) is 0 Å². The Hall–Kier alpha value is -0.860. The molecule has 0 aliphatic carbocycles. The van der Waals surface area contributed by atoms with Gasteiger partial charge in [0.25, 0.3) is 0 Å². The highest BCUT2D eigenvalue weighted by atomic mass is 15.2. The molecule has 1 saturated heterocycles. The van der Waals surface area contributed by atoms with Crippen LogP contribution < -0.4 is 5.73 Å². The van der Waals surface area contributed by atoms with E-state index >= 15 is 0 Å². The summed E-state index contributed by atoms with van der Waals surface area (Å²) in [5, 5.41) is 0. The second-order valence-electron chi connectivity index (χ2n) is 6.32. The third-order valence-electron chi connectivity index (χ3n) is 3.80. The summed E-state index contributed by atoms with van der Waals surface area (Å²) >= 11 is 0. The Labute approximate surface area is 105 Å². The van der Waals surface area contributed by atoms with Gasteiger partial charge in [-0.15, -0.1) is 0 Å². The van der Waals surface area contributed by atoms with Crippen LogP contribution in [-0.2, 0) is 6.54 Å². The summed E-state index contributed by atoms with van der Waals surface area (Å²) < 4.78 is 0. The maximum Gasteiger partial charge on any atom is 0.0234 e. The highest BCUT2D eigenvalue weighted by Crippen LogP contribution is 2.33. The van der Waals surface area contributed by atoms with Gasteiger partial charge in [0.1, 0.15) is 0 Å². The number of nitrogens with zero attached hydrogens (tertiary/aromatic N) is 1. The highest BCUT2D eigenvalue weighted by Gasteiger charge is 2.37. The number of likely N-dealkylation sites (tertiary alicyclic amines) is 1. The normalized spacial score (nSPS) is 26.4. The zero-order valence-electron chi connectivity index (χ0n) is 11.2. The van der Waals surface area contributed by atoms with Crippen LogP contribution in [-0.4, -0.2) is 24.0 Å². The Morgan fingerprint density at radius 1 is 1.18 bits per heavy atom. The lowest BCUT2D eigenvalue weighted by Gasteiger charge is -2.29. The summed E-state index contributed by atoms with van der Waals surface area (Å²) in [5.41, 5.74) is 7.96. The van der Waals surface area contributed by atoms with Crippen molar-refractivity contribution in [2.75, 3.05) is 13.1 Å². The standard InChI is InChI=1S/C15H24N2/c1-15(2,3)13-10-17(11-14(13)16)9-12-7-5-4-6-8-12/h4-8,13-14H,9-11,16H2,1-3H3. The molecule has 0 aromatic heterocycles. The van der Waals surface area contributed by atoms with Gasteiger partial charge in [-0.2, -0.15) is 0 Å². The molecule has 94 valence electrons. The lowest BCUT2D eigenvalue weighted by Crippen LogP contribution is -2.36. The van der Waals surface area contributed by atoms with E-state index < -0.39 is 0 Å². The topological polar surface area (TPSA) is 29.3 Å². The SMILES string of the molecule is CC(C)(C)C1CN(Cc2ccccc2)CC1N. The Morgan fingerprint density at radius 2 is 1.82 bits per heavy atom. The zero-order valence-corrected chi connectivity index (χ0v) is 11.2. The fourth-order valence-electron chi connectivity index (χ4n) is 2.80. The highest BCUT2D eigenvalue weighted by molar-refractivity contribution is 5.15. The van der Waals surface area contributed by atoms with Crippen LogP contribution in [0, 0.1) is 11.3 Å². The van der Waals surface area contributed by atoms with Crippen molar-refractivity contribution < 1.29 is 0 Å². The van der Waals surface area contributed by atoms with Crippen LogP contribution in [0.15, 0.2) is 30.3 Å². The average Bonchev–Trinajstić information content (AvgIpc) is 2.60. The molecule has 17 heavy (non-hydrogen) atoms. The van der Waals surface area contributed by atoms with Gasteiger partial charge in [-0.1, -0.05) is 51.1 Å². The van der Waals surface area contributed by atoms with Crippen molar-refractivity contribution in [3.63, 3.8) is 0 Å².